The summed E-state index contributed by atoms with van der Waals surface area (Å²) in [5.41, 5.74) is 0.458. The molecule has 0 saturated carbocycles. The topological polar surface area (TPSA) is 52.7 Å². The molecule has 2 unspecified atom stereocenters. The van der Waals surface area contributed by atoms with E-state index in [1.807, 2.05) is 6.92 Å². The highest BCUT2D eigenvalue weighted by molar-refractivity contribution is 5.90. The second kappa shape index (κ2) is 6.84. The van der Waals surface area contributed by atoms with E-state index in [9.17, 15) is 18.4 Å². The van der Waals surface area contributed by atoms with E-state index >= 15 is 0 Å². The molecule has 1 aromatic rings. The van der Waals surface area contributed by atoms with Crippen LogP contribution in [0.4, 0.5) is 8.78 Å². The molecule has 0 bridgehead atoms. The summed E-state index contributed by atoms with van der Waals surface area (Å²) < 4.78 is 27.0. The van der Waals surface area contributed by atoms with Gasteiger partial charge in [-0.25, -0.2) is 8.78 Å². The lowest BCUT2D eigenvalue weighted by Crippen LogP contribution is -2.53. The first-order chi connectivity index (χ1) is 11.5. The van der Waals surface area contributed by atoms with Gasteiger partial charge in [0.2, 0.25) is 11.8 Å². The summed E-state index contributed by atoms with van der Waals surface area (Å²) in [5, 5.41) is 2.69. The zero-order valence-corrected chi connectivity index (χ0v) is 13.6. The molecule has 1 aromatic carbocycles. The number of carbonyl (C=O) groups excluding carboxylic acids is 2. The molecule has 2 fully saturated rings. The van der Waals surface area contributed by atoms with E-state index in [-0.39, 0.29) is 17.9 Å². The maximum Gasteiger partial charge on any atom is 0.245 e. The monoisotopic (exact) mass is 337 g/mol. The fourth-order valence-corrected chi connectivity index (χ4v) is 3.39. The Morgan fingerprint density at radius 3 is 2.54 bits per heavy atom. The smallest absolute Gasteiger partial charge is 0.245 e. The molecule has 2 atom stereocenters. The molecule has 2 amide bonds. The quantitative estimate of drug-likeness (QED) is 0.908. The number of carbonyl (C=O) groups is 2. The summed E-state index contributed by atoms with van der Waals surface area (Å²) in [4.78, 5) is 27.4. The SMILES string of the molecule is CC(c1ccc(F)cc1F)N1CCN(C(=O)C2CCC(=O)N2)CC1. The van der Waals surface area contributed by atoms with Crippen LogP contribution in [-0.2, 0) is 9.59 Å². The van der Waals surface area contributed by atoms with Crippen molar-refractivity contribution in [2.75, 3.05) is 26.2 Å². The molecule has 7 heteroatoms. The molecule has 1 N–H and O–H groups in total. The van der Waals surface area contributed by atoms with Crippen LogP contribution in [0.25, 0.3) is 0 Å². The lowest BCUT2D eigenvalue weighted by atomic mass is 10.0. The predicted octanol–water partition coefficient (Wildman–Crippen LogP) is 1.45. The van der Waals surface area contributed by atoms with Crippen LogP contribution in [0.5, 0.6) is 0 Å². The molecule has 24 heavy (non-hydrogen) atoms. The minimum Gasteiger partial charge on any atom is -0.344 e. The molecule has 2 aliphatic heterocycles. The zero-order chi connectivity index (χ0) is 17.3. The van der Waals surface area contributed by atoms with E-state index in [0.717, 1.165) is 6.07 Å². The highest BCUT2D eigenvalue weighted by Gasteiger charge is 2.33. The van der Waals surface area contributed by atoms with Crippen molar-refractivity contribution in [3.05, 3.63) is 35.4 Å². The standard InChI is InChI=1S/C17H21F2N3O2/c1-11(13-3-2-12(18)10-14(13)19)21-6-8-22(9-7-21)17(24)15-4-5-16(23)20-15/h2-3,10-11,15H,4-9H2,1H3,(H,20,23). The van der Waals surface area contributed by atoms with Gasteiger partial charge in [-0.1, -0.05) is 6.07 Å². The van der Waals surface area contributed by atoms with Crippen molar-refractivity contribution in [3.63, 3.8) is 0 Å². The van der Waals surface area contributed by atoms with Gasteiger partial charge >= 0.3 is 0 Å². The highest BCUT2D eigenvalue weighted by atomic mass is 19.1. The van der Waals surface area contributed by atoms with Crippen molar-refractivity contribution >= 4 is 11.8 Å². The number of nitrogens with zero attached hydrogens (tertiary/aromatic N) is 2. The lowest BCUT2D eigenvalue weighted by Gasteiger charge is -2.39. The normalized spacial score (nSPS) is 23.2. The van der Waals surface area contributed by atoms with Crippen molar-refractivity contribution in [2.45, 2.75) is 31.8 Å². The Morgan fingerprint density at radius 1 is 1.25 bits per heavy atom. The number of hydrogen-bond acceptors (Lipinski definition) is 3. The third kappa shape index (κ3) is 3.40. The third-order valence-electron chi connectivity index (χ3n) is 4.88. The molecule has 0 spiro atoms. The Hall–Kier alpha value is -2.02. The molecule has 5 nitrogen and oxygen atoms in total. The Labute approximate surface area is 139 Å². The predicted molar refractivity (Wildman–Crippen MR) is 84.1 cm³/mol. The Morgan fingerprint density at radius 2 is 1.96 bits per heavy atom. The van der Waals surface area contributed by atoms with E-state index in [1.165, 1.54) is 12.1 Å². The Balaban J connectivity index is 1.58. The number of piperazine rings is 1. The van der Waals surface area contributed by atoms with Crippen LogP contribution >= 0.6 is 0 Å². The van der Waals surface area contributed by atoms with E-state index in [2.05, 4.69) is 10.2 Å². The first kappa shape index (κ1) is 16.8. The van der Waals surface area contributed by atoms with E-state index in [4.69, 9.17) is 0 Å². The van der Waals surface area contributed by atoms with Crippen LogP contribution in [0.3, 0.4) is 0 Å². The molecule has 0 aromatic heterocycles. The van der Waals surface area contributed by atoms with E-state index in [1.54, 1.807) is 4.90 Å². The first-order valence-corrected chi connectivity index (χ1v) is 8.23. The number of rotatable bonds is 3. The van der Waals surface area contributed by atoms with Gasteiger partial charge in [0.25, 0.3) is 0 Å². The lowest BCUT2D eigenvalue weighted by molar-refractivity contribution is -0.136. The number of benzene rings is 1. The number of hydrogen-bond donors (Lipinski definition) is 1. The van der Waals surface area contributed by atoms with Gasteiger partial charge in [0.15, 0.2) is 0 Å². The van der Waals surface area contributed by atoms with Gasteiger partial charge in [-0.2, -0.15) is 0 Å². The van der Waals surface area contributed by atoms with Gasteiger partial charge in [-0.3, -0.25) is 14.5 Å². The average molecular weight is 337 g/mol. The Kier molecular flexibility index (Phi) is 4.80. The molecule has 0 radical (unpaired) electrons. The van der Waals surface area contributed by atoms with E-state index in [0.29, 0.717) is 44.6 Å². The van der Waals surface area contributed by atoms with Crippen molar-refractivity contribution < 1.29 is 18.4 Å². The number of halogens is 2. The fraction of sp³-hybridized carbons (Fsp3) is 0.529. The van der Waals surface area contributed by atoms with Crippen molar-refractivity contribution in [1.82, 2.24) is 15.1 Å². The van der Waals surface area contributed by atoms with Crippen LogP contribution in [-0.4, -0.2) is 53.8 Å². The summed E-state index contributed by atoms with van der Waals surface area (Å²) in [6, 6.07) is 3.04. The van der Waals surface area contributed by atoms with Crippen LogP contribution in [0.15, 0.2) is 18.2 Å². The minimum absolute atomic E-state index is 0.0406. The largest absolute Gasteiger partial charge is 0.344 e. The summed E-state index contributed by atoms with van der Waals surface area (Å²) in [6.45, 7) is 4.19. The summed E-state index contributed by atoms with van der Waals surface area (Å²) in [6.07, 6.45) is 0.951. The maximum atomic E-state index is 13.9. The summed E-state index contributed by atoms with van der Waals surface area (Å²) in [7, 11) is 0. The third-order valence-corrected chi connectivity index (χ3v) is 4.88. The first-order valence-electron chi connectivity index (χ1n) is 8.23. The van der Waals surface area contributed by atoms with Gasteiger partial charge in [0.05, 0.1) is 0 Å². The zero-order valence-electron chi connectivity index (χ0n) is 13.6. The molecular formula is C17H21F2N3O2. The molecule has 2 heterocycles. The van der Waals surface area contributed by atoms with Gasteiger partial charge in [0.1, 0.15) is 17.7 Å². The molecule has 0 aliphatic carbocycles. The van der Waals surface area contributed by atoms with Crippen LogP contribution < -0.4 is 5.32 Å². The summed E-state index contributed by atoms with van der Waals surface area (Å²) in [5.74, 6) is -1.25. The number of amides is 2. The van der Waals surface area contributed by atoms with Gasteiger partial charge in [-0.05, 0) is 19.4 Å². The van der Waals surface area contributed by atoms with Crippen LogP contribution in [0.1, 0.15) is 31.4 Å². The van der Waals surface area contributed by atoms with Crippen molar-refractivity contribution in [1.29, 1.82) is 0 Å². The van der Waals surface area contributed by atoms with Gasteiger partial charge < -0.3 is 10.2 Å². The van der Waals surface area contributed by atoms with Gasteiger partial charge in [0, 0.05) is 50.3 Å². The number of nitrogens with one attached hydrogen (secondary N) is 1. The molecular weight excluding hydrogens is 316 g/mol. The van der Waals surface area contributed by atoms with Crippen molar-refractivity contribution in [2.24, 2.45) is 0 Å². The minimum atomic E-state index is -0.586. The van der Waals surface area contributed by atoms with Crippen LogP contribution in [0.2, 0.25) is 0 Å². The molecule has 2 aliphatic rings. The van der Waals surface area contributed by atoms with E-state index < -0.39 is 17.7 Å². The molecule has 2 saturated heterocycles. The average Bonchev–Trinajstić information content (AvgIpc) is 3.00. The highest BCUT2D eigenvalue weighted by Crippen LogP contribution is 2.25. The fourth-order valence-electron chi connectivity index (χ4n) is 3.39. The molecule has 3 rings (SSSR count). The summed E-state index contributed by atoms with van der Waals surface area (Å²) >= 11 is 0. The maximum absolute atomic E-state index is 13.9. The van der Waals surface area contributed by atoms with Crippen LogP contribution in [0, 0.1) is 11.6 Å². The molecule has 130 valence electrons. The second-order valence-corrected chi connectivity index (χ2v) is 6.36. The second-order valence-electron chi connectivity index (χ2n) is 6.36. The Bertz CT molecular complexity index is 645. The van der Waals surface area contributed by atoms with Crippen molar-refractivity contribution in [3.8, 4) is 0 Å². The van der Waals surface area contributed by atoms with Gasteiger partial charge in [-0.15, -0.1) is 0 Å².